The largest absolute Gasteiger partial charge is 0.288 e. The third-order valence-electron chi connectivity index (χ3n) is 4.93. The monoisotopic (exact) mass is 468 g/mol. The maximum absolute atomic E-state index is 12.8. The summed E-state index contributed by atoms with van der Waals surface area (Å²) in [5, 5.41) is 3.15. The number of benzene rings is 3. The maximum Gasteiger partial charge on any atom is 0.274 e. The number of halogens is 1. The van der Waals surface area contributed by atoms with Crippen LogP contribution in [0.1, 0.15) is 0 Å². The van der Waals surface area contributed by atoms with Crippen molar-refractivity contribution in [2.45, 2.75) is 0 Å². The summed E-state index contributed by atoms with van der Waals surface area (Å²) in [5.74, 6) is 0.298. The Bertz CT molecular complexity index is 1390. The minimum Gasteiger partial charge on any atom is -0.288 e. The standard InChI is InChI=1S/C25H17BrN4O/c26-20-13-11-19(12-14-20)22-15-21(17-7-3-1-4-8-17)27-25(28-22)30-24(31)16-23(29-30)18-9-5-2-6-10-18/h1-16,29H. The van der Waals surface area contributed by atoms with Crippen molar-refractivity contribution in [2.75, 3.05) is 0 Å². The summed E-state index contributed by atoms with van der Waals surface area (Å²) in [7, 11) is 0. The smallest absolute Gasteiger partial charge is 0.274 e. The molecule has 0 atom stereocenters. The predicted molar refractivity (Wildman–Crippen MR) is 126 cm³/mol. The van der Waals surface area contributed by atoms with Gasteiger partial charge in [0.05, 0.1) is 17.1 Å². The summed E-state index contributed by atoms with van der Waals surface area (Å²) < 4.78 is 2.37. The molecule has 3 aromatic carbocycles. The van der Waals surface area contributed by atoms with Crippen LogP contribution in [0.4, 0.5) is 0 Å². The van der Waals surface area contributed by atoms with Gasteiger partial charge in [0.1, 0.15) is 0 Å². The molecule has 6 heteroatoms. The summed E-state index contributed by atoms with van der Waals surface area (Å²) in [6.45, 7) is 0. The number of hydrogen-bond donors (Lipinski definition) is 1. The first-order valence-electron chi connectivity index (χ1n) is 9.76. The first-order chi connectivity index (χ1) is 15.2. The highest BCUT2D eigenvalue weighted by atomic mass is 79.9. The molecule has 2 heterocycles. The van der Waals surface area contributed by atoms with Gasteiger partial charge in [-0.3, -0.25) is 9.89 Å². The van der Waals surface area contributed by atoms with E-state index in [2.05, 4.69) is 21.0 Å². The third kappa shape index (κ3) is 3.98. The van der Waals surface area contributed by atoms with E-state index >= 15 is 0 Å². The van der Waals surface area contributed by atoms with E-state index in [1.165, 1.54) is 4.68 Å². The van der Waals surface area contributed by atoms with Gasteiger partial charge in [-0.05, 0) is 23.8 Å². The van der Waals surface area contributed by atoms with Crippen LogP contribution in [0.5, 0.6) is 0 Å². The van der Waals surface area contributed by atoms with Crippen LogP contribution in [0.15, 0.2) is 106 Å². The Morgan fingerprint density at radius 1 is 0.677 bits per heavy atom. The number of nitrogens with one attached hydrogen (secondary N) is 1. The molecule has 2 aromatic heterocycles. The molecule has 5 nitrogen and oxygen atoms in total. The van der Waals surface area contributed by atoms with E-state index in [-0.39, 0.29) is 5.56 Å². The van der Waals surface area contributed by atoms with Gasteiger partial charge in [0.15, 0.2) is 0 Å². The fourth-order valence-electron chi connectivity index (χ4n) is 3.37. The van der Waals surface area contributed by atoms with Crippen molar-refractivity contribution in [3.05, 3.63) is 112 Å². The lowest BCUT2D eigenvalue weighted by Gasteiger charge is -2.09. The average molecular weight is 469 g/mol. The molecule has 0 radical (unpaired) electrons. The molecule has 0 saturated carbocycles. The van der Waals surface area contributed by atoms with Crippen molar-refractivity contribution in [1.82, 2.24) is 19.7 Å². The summed E-state index contributed by atoms with van der Waals surface area (Å²) in [5.41, 5.74) is 4.78. The van der Waals surface area contributed by atoms with Gasteiger partial charge in [-0.25, -0.2) is 9.97 Å². The van der Waals surface area contributed by atoms with Gasteiger partial charge in [0.2, 0.25) is 0 Å². The zero-order valence-corrected chi connectivity index (χ0v) is 18.0. The van der Waals surface area contributed by atoms with E-state index in [0.717, 1.165) is 32.6 Å². The van der Waals surface area contributed by atoms with Gasteiger partial charge in [-0.1, -0.05) is 88.7 Å². The molecule has 0 aliphatic heterocycles. The van der Waals surface area contributed by atoms with Gasteiger partial charge in [0.25, 0.3) is 11.5 Å². The highest BCUT2D eigenvalue weighted by Crippen LogP contribution is 2.26. The SMILES string of the molecule is O=c1cc(-c2ccccc2)[nH]n1-c1nc(-c2ccccc2)cc(-c2ccc(Br)cc2)n1. The maximum atomic E-state index is 12.8. The Labute approximate surface area is 187 Å². The summed E-state index contributed by atoms with van der Waals surface area (Å²) >= 11 is 3.47. The zero-order chi connectivity index (χ0) is 21.2. The Morgan fingerprint density at radius 2 is 1.23 bits per heavy atom. The van der Waals surface area contributed by atoms with E-state index in [1.807, 2.05) is 91.0 Å². The van der Waals surface area contributed by atoms with Crippen LogP contribution in [-0.2, 0) is 0 Å². The molecule has 0 bridgehead atoms. The molecule has 0 spiro atoms. The Hall–Kier alpha value is -3.77. The summed E-state index contributed by atoms with van der Waals surface area (Å²) in [6, 6.07) is 31.0. The van der Waals surface area contributed by atoms with Crippen molar-refractivity contribution >= 4 is 15.9 Å². The van der Waals surface area contributed by atoms with Crippen molar-refractivity contribution in [3.63, 3.8) is 0 Å². The first kappa shape index (κ1) is 19.2. The Kier molecular flexibility index (Phi) is 5.06. The lowest BCUT2D eigenvalue weighted by atomic mass is 10.1. The van der Waals surface area contributed by atoms with Gasteiger partial charge in [-0.15, -0.1) is 0 Å². The van der Waals surface area contributed by atoms with Crippen LogP contribution in [0.2, 0.25) is 0 Å². The Morgan fingerprint density at radius 3 is 1.84 bits per heavy atom. The molecule has 0 saturated heterocycles. The van der Waals surface area contributed by atoms with Crippen LogP contribution >= 0.6 is 15.9 Å². The van der Waals surface area contributed by atoms with Crippen molar-refractivity contribution in [2.24, 2.45) is 0 Å². The minimum absolute atomic E-state index is 0.217. The molecule has 5 aromatic rings. The number of rotatable bonds is 4. The second-order valence-electron chi connectivity index (χ2n) is 7.02. The second kappa shape index (κ2) is 8.16. The van der Waals surface area contributed by atoms with Crippen molar-refractivity contribution in [3.8, 4) is 39.7 Å². The number of aromatic nitrogens is 4. The fourth-order valence-corrected chi connectivity index (χ4v) is 3.63. The van der Waals surface area contributed by atoms with E-state index < -0.39 is 0 Å². The van der Waals surface area contributed by atoms with E-state index in [1.54, 1.807) is 6.07 Å². The van der Waals surface area contributed by atoms with Gasteiger partial charge < -0.3 is 0 Å². The molecule has 0 unspecified atom stereocenters. The van der Waals surface area contributed by atoms with Crippen molar-refractivity contribution in [1.29, 1.82) is 0 Å². The zero-order valence-electron chi connectivity index (χ0n) is 16.4. The highest BCUT2D eigenvalue weighted by Gasteiger charge is 2.14. The number of hydrogen-bond acceptors (Lipinski definition) is 3. The lowest BCUT2D eigenvalue weighted by Crippen LogP contribution is -2.17. The highest BCUT2D eigenvalue weighted by molar-refractivity contribution is 9.10. The molecule has 1 N–H and O–H groups in total. The molecule has 31 heavy (non-hydrogen) atoms. The van der Waals surface area contributed by atoms with Crippen LogP contribution in [-0.4, -0.2) is 19.7 Å². The predicted octanol–water partition coefficient (Wildman–Crippen LogP) is 5.72. The van der Waals surface area contributed by atoms with E-state index in [4.69, 9.17) is 9.97 Å². The van der Waals surface area contributed by atoms with Crippen LogP contribution < -0.4 is 5.56 Å². The van der Waals surface area contributed by atoms with Crippen LogP contribution in [0, 0.1) is 0 Å². The Balaban J connectivity index is 1.68. The molecule has 5 rings (SSSR count). The number of aromatic amines is 1. The molecular formula is C25H17BrN4O. The fraction of sp³-hybridized carbons (Fsp3) is 0. The normalized spacial score (nSPS) is 10.9. The molecule has 0 fully saturated rings. The molecule has 0 amide bonds. The average Bonchev–Trinajstić information content (AvgIpc) is 3.22. The van der Waals surface area contributed by atoms with Gasteiger partial charge in [-0.2, -0.15) is 4.68 Å². The molecule has 0 aliphatic carbocycles. The lowest BCUT2D eigenvalue weighted by molar-refractivity contribution is 0.789. The summed E-state index contributed by atoms with van der Waals surface area (Å²) in [4.78, 5) is 22.2. The van der Waals surface area contributed by atoms with Gasteiger partial charge >= 0.3 is 0 Å². The summed E-state index contributed by atoms with van der Waals surface area (Å²) in [6.07, 6.45) is 0. The first-order valence-corrected chi connectivity index (χ1v) is 10.5. The van der Waals surface area contributed by atoms with Crippen LogP contribution in [0.25, 0.3) is 39.7 Å². The number of nitrogens with zero attached hydrogens (tertiary/aromatic N) is 3. The third-order valence-corrected chi connectivity index (χ3v) is 5.46. The van der Waals surface area contributed by atoms with Gasteiger partial charge in [0, 0.05) is 21.7 Å². The molecular weight excluding hydrogens is 452 g/mol. The van der Waals surface area contributed by atoms with E-state index in [9.17, 15) is 4.79 Å². The van der Waals surface area contributed by atoms with Crippen molar-refractivity contribution < 1.29 is 0 Å². The minimum atomic E-state index is -0.217. The quantitative estimate of drug-likeness (QED) is 0.366. The molecule has 150 valence electrons. The topological polar surface area (TPSA) is 63.6 Å². The van der Waals surface area contributed by atoms with E-state index in [0.29, 0.717) is 11.6 Å². The second-order valence-corrected chi connectivity index (χ2v) is 7.94. The number of H-pyrrole nitrogens is 1. The van der Waals surface area contributed by atoms with Crippen LogP contribution in [0.3, 0.4) is 0 Å². The molecule has 0 aliphatic rings.